The molecule has 1 aliphatic rings. The van der Waals surface area contributed by atoms with Crippen LogP contribution in [0.5, 0.6) is 0 Å². The van der Waals surface area contributed by atoms with E-state index in [1.807, 2.05) is 24.3 Å². The summed E-state index contributed by atoms with van der Waals surface area (Å²) in [7, 11) is 0. The first-order valence-electron chi connectivity index (χ1n) is 5.88. The van der Waals surface area contributed by atoms with Crippen LogP contribution in [0.4, 0.5) is 0 Å². The molecule has 1 saturated heterocycles. The summed E-state index contributed by atoms with van der Waals surface area (Å²) < 4.78 is 1.00. The van der Waals surface area contributed by atoms with E-state index < -0.39 is 0 Å². The predicted molar refractivity (Wildman–Crippen MR) is 77.1 cm³/mol. The van der Waals surface area contributed by atoms with Gasteiger partial charge in [-0.05, 0) is 67.6 Å². The number of amides is 1. The molecule has 92 valence electrons. The third-order valence-electron chi connectivity index (χ3n) is 3.24. The van der Waals surface area contributed by atoms with E-state index in [-0.39, 0.29) is 11.4 Å². The highest BCUT2D eigenvalue weighted by molar-refractivity contribution is 14.1. The van der Waals surface area contributed by atoms with Gasteiger partial charge in [-0.15, -0.1) is 0 Å². The SMILES string of the molecule is CC1(NC(=O)c2ccccc2I)CCNCC1. The molecule has 0 unspecified atom stereocenters. The Bertz CT molecular complexity index is 414. The molecule has 0 saturated carbocycles. The molecule has 3 nitrogen and oxygen atoms in total. The monoisotopic (exact) mass is 344 g/mol. The van der Waals surface area contributed by atoms with Crippen molar-refractivity contribution in [3.63, 3.8) is 0 Å². The molecule has 0 bridgehead atoms. The fraction of sp³-hybridized carbons (Fsp3) is 0.462. The summed E-state index contributed by atoms with van der Waals surface area (Å²) in [6.07, 6.45) is 1.98. The Morgan fingerprint density at radius 1 is 1.35 bits per heavy atom. The molecule has 0 atom stereocenters. The van der Waals surface area contributed by atoms with Crippen LogP contribution in [-0.4, -0.2) is 24.5 Å². The highest BCUT2D eigenvalue weighted by Gasteiger charge is 2.28. The largest absolute Gasteiger partial charge is 0.347 e. The van der Waals surface area contributed by atoms with Gasteiger partial charge in [-0.3, -0.25) is 4.79 Å². The Balaban J connectivity index is 2.09. The summed E-state index contributed by atoms with van der Waals surface area (Å²) in [4.78, 5) is 12.2. The van der Waals surface area contributed by atoms with E-state index >= 15 is 0 Å². The van der Waals surface area contributed by atoms with Crippen molar-refractivity contribution in [1.82, 2.24) is 10.6 Å². The molecule has 0 radical (unpaired) electrons. The van der Waals surface area contributed by atoms with Gasteiger partial charge in [0, 0.05) is 9.11 Å². The Labute approximate surface area is 116 Å². The van der Waals surface area contributed by atoms with E-state index in [4.69, 9.17) is 0 Å². The second-order valence-electron chi connectivity index (χ2n) is 4.74. The number of rotatable bonds is 2. The minimum Gasteiger partial charge on any atom is -0.347 e. The molecule has 1 amide bonds. The van der Waals surface area contributed by atoms with Crippen molar-refractivity contribution in [3.8, 4) is 0 Å². The zero-order valence-electron chi connectivity index (χ0n) is 9.92. The lowest BCUT2D eigenvalue weighted by Gasteiger charge is -2.35. The van der Waals surface area contributed by atoms with E-state index in [0.29, 0.717) is 0 Å². The summed E-state index contributed by atoms with van der Waals surface area (Å²) >= 11 is 2.20. The maximum absolute atomic E-state index is 12.2. The van der Waals surface area contributed by atoms with Gasteiger partial charge >= 0.3 is 0 Å². The molecule has 1 aromatic rings. The van der Waals surface area contributed by atoms with Crippen molar-refractivity contribution in [3.05, 3.63) is 33.4 Å². The molecule has 1 aliphatic heterocycles. The van der Waals surface area contributed by atoms with Crippen LogP contribution in [0.3, 0.4) is 0 Å². The van der Waals surface area contributed by atoms with Gasteiger partial charge < -0.3 is 10.6 Å². The third kappa shape index (κ3) is 3.19. The molecule has 1 aromatic carbocycles. The fourth-order valence-corrected chi connectivity index (χ4v) is 2.72. The minimum absolute atomic E-state index is 0.0411. The van der Waals surface area contributed by atoms with Crippen LogP contribution in [0.15, 0.2) is 24.3 Å². The molecule has 2 N–H and O–H groups in total. The van der Waals surface area contributed by atoms with Crippen LogP contribution in [0.2, 0.25) is 0 Å². The van der Waals surface area contributed by atoms with Gasteiger partial charge in [-0.1, -0.05) is 12.1 Å². The van der Waals surface area contributed by atoms with Gasteiger partial charge in [-0.25, -0.2) is 0 Å². The number of hydrogen-bond donors (Lipinski definition) is 2. The van der Waals surface area contributed by atoms with Crippen molar-refractivity contribution in [2.75, 3.05) is 13.1 Å². The second kappa shape index (κ2) is 5.35. The van der Waals surface area contributed by atoms with Crippen LogP contribution in [0.25, 0.3) is 0 Å². The first-order valence-corrected chi connectivity index (χ1v) is 6.96. The Morgan fingerprint density at radius 2 is 2.00 bits per heavy atom. The molecule has 2 rings (SSSR count). The van der Waals surface area contributed by atoms with Gasteiger partial charge in [0.1, 0.15) is 0 Å². The van der Waals surface area contributed by atoms with E-state index in [2.05, 4.69) is 40.1 Å². The molecule has 17 heavy (non-hydrogen) atoms. The van der Waals surface area contributed by atoms with Crippen molar-refractivity contribution in [2.45, 2.75) is 25.3 Å². The smallest absolute Gasteiger partial charge is 0.252 e. The summed E-state index contributed by atoms with van der Waals surface area (Å²) in [5.41, 5.74) is 0.703. The van der Waals surface area contributed by atoms with Crippen LogP contribution < -0.4 is 10.6 Å². The Morgan fingerprint density at radius 3 is 2.65 bits per heavy atom. The van der Waals surface area contributed by atoms with Crippen LogP contribution in [0.1, 0.15) is 30.1 Å². The molecule has 4 heteroatoms. The van der Waals surface area contributed by atoms with Gasteiger partial charge in [0.2, 0.25) is 0 Å². The molecular weight excluding hydrogens is 327 g/mol. The van der Waals surface area contributed by atoms with Crippen molar-refractivity contribution in [1.29, 1.82) is 0 Å². The number of piperidine rings is 1. The normalized spacial score (nSPS) is 18.7. The first-order chi connectivity index (χ1) is 8.11. The molecular formula is C13H17IN2O. The van der Waals surface area contributed by atoms with Gasteiger partial charge in [-0.2, -0.15) is 0 Å². The zero-order valence-corrected chi connectivity index (χ0v) is 12.1. The lowest BCUT2D eigenvalue weighted by molar-refractivity contribution is 0.0886. The zero-order chi connectivity index (χ0) is 12.3. The first kappa shape index (κ1) is 12.8. The maximum atomic E-state index is 12.2. The van der Waals surface area contributed by atoms with Crippen LogP contribution in [-0.2, 0) is 0 Å². The number of nitrogens with one attached hydrogen (secondary N) is 2. The standard InChI is InChI=1S/C13H17IN2O/c1-13(6-8-15-9-7-13)16-12(17)10-4-2-3-5-11(10)14/h2-5,15H,6-9H2,1H3,(H,16,17). The highest BCUT2D eigenvalue weighted by Crippen LogP contribution is 2.19. The van der Waals surface area contributed by atoms with E-state index in [1.165, 1.54) is 0 Å². The van der Waals surface area contributed by atoms with Gasteiger partial charge in [0.15, 0.2) is 0 Å². The van der Waals surface area contributed by atoms with Crippen molar-refractivity contribution < 1.29 is 4.79 Å². The average Bonchev–Trinajstić information content (AvgIpc) is 2.29. The van der Waals surface area contributed by atoms with Gasteiger partial charge in [0.05, 0.1) is 5.56 Å². The highest BCUT2D eigenvalue weighted by atomic mass is 127. The van der Waals surface area contributed by atoms with Crippen molar-refractivity contribution >= 4 is 28.5 Å². The number of carbonyl (C=O) groups excluding carboxylic acids is 1. The molecule has 0 spiro atoms. The molecule has 1 fully saturated rings. The third-order valence-corrected chi connectivity index (χ3v) is 4.18. The predicted octanol–water partition coefficient (Wildman–Crippen LogP) is 2.16. The fourth-order valence-electron chi connectivity index (χ4n) is 2.09. The maximum Gasteiger partial charge on any atom is 0.252 e. The summed E-state index contributed by atoms with van der Waals surface area (Å²) in [6.45, 7) is 4.08. The van der Waals surface area contributed by atoms with Gasteiger partial charge in [0.25, 0.3) is 5.91 Å². The summed E-state index contributed by atoms with van der Waals surface area (Å²) in [5.74, 6) is 0.0411. The minimum atomic E-state index is -0.0682. The number of benzene rings is 1. The quantitative estimate of drug-likeness (QED) is 0.808. The Kier molecular flexibility index (Phi) is 4.04. The lowest BCUT2D eigenvalue weighted by Crippen LogP contribution is -2.52. The number of halogens is 1. The Hall–Kier alpha value is -0.620. The summed E-state index contributed by atoms with van der Waals surface area (Å²) in [5, 5.41) is 6.48. The second-order valence-corrected chi connectivity index (χ2v) is 5.91. The van der Waals surface area contributed by atoms with E-state index in [9.17, 15) is 4.79 Å². The number of hydrogen-bond acceptors (Lipinski definition) is 2. The van der Waals surface area contributed by atoms with Crippen LogP contribution in [0, 0.1) is 3.57 Å². The number of carbonyl (C=O) groups is 1. The van der Waals surface area contributed by atoms with E-state index in [0.717, 1.165) is 35.1 Å². The lowest BCUT2D eigenvalue weighted by atomic mass is 9.90. The topological polar surface area (TPSA) is 41.1 Å². The molecule has 0 aromatic heterocycles. The average molecular weight is 344 g/mol. The van der Waals surface area contributed by atoms with E-state index in [1.54, 1.807) is 0 Å². The van der Waals surface area contributed by atoms with Crippen LogP contribution >= 0.6 is 22.6 Å². The van der Waals surface area contributed by atoms with Crippen molar-refractivity contribution in [2.24, 2.45) is 0 Å². The molecule has 1 heterocycles. The molecule has 0 aliphatic carbocycles. The summed E-state index contributed by atoms with van der Waals surface area (Å²) in [6, 6.07) is 7.69.